The maximum absolute atomic E-state index is 10.00. The molecule has 0 aliphatic heterocycles. The molecule has 13 heavy (non-hydrogen) atoms. The van der Waals surface area contributed by atoms with Gasteiger partial charge in [0.1, 0.15) is 5.75 Å². The minimum absolute atomic E-state index is 0. The Morgan fingerprint density at radius 3 is 2.69 bits per heavy atom. The summed E-state index contributed by atoms with van der Waals surface area (Å²) in [5.41, 5.74) is 0.624. The van der Waals surface area contributed by atoms with Crippen LogP contribution in [0.3, 0.4) is 0 Å². The van der Waals surface area contributed by atoms with Gasteiger partial charge < -0.3 is 15.0 Å². The molecule has 0 atom stereocenters. The summed E-state index contributed by atoms with van der Waals surface area (Å²) < 4.78 is 0. The Hall–Kier alpha value is -0.770. The van der Waals surface area contributed by atoms with Crippen LogP contribution in [0, 0.1) is 0 Å². The average molecular weight is 186 g/mol. The third kappa shape index (κ3) is 4.72. The van der Waals surface area contributed by atoms with Crippen molar-refractivity contribution >= 4 is 12.0 Å². The summed E-state index contributed by atoms with van der Waals surface area (Å²) in [6, 6.07) is 6.28. The van der Waals surface area contributed by atoms with E-state index in [1.165, 1.54) is 18.2 Å². The Balaban J connectivity index is 0.00000144. The fourth-order valence-electron chi connectivity index (χ4n) is 0.793. The largest absolute Gasteiger partial charge is 1.00 e. The van der Waals surface area contributed by atoms with E-state index in [9.17, 15) is 9.90 Å². The molecule has 0 bridgehead atoms. The molecule has 0 aliphatic carbocycles. The van der Waals surface area contributed by atoms with Gasteiger partial charge in [0.05, 0.1) is 5.97 Å². The third-order valence-corrected chi connectivity index (χ3v) is 1.28. The van der Waals surface area contributed by atoms with Crippen LogP contribution in [0.5, 0.6) is 5.75 Å². The zero-order valence-corrected chi connectivity index (χ0v) is 9.23. The monoisotopic (exact) mass is 186 g/mol. The van der Waals surface area contributed by atoms with Crippen LogP contribution in [0.4, 0.5) is 0 Å². The van der Waals surface area contributed by atoms with Crippen molar-refractivity contribution in [2.75, 3.05) is 0 Å². The quantitative estimate of drug-likeness (QED) is 0.400. The molecule has 0 saturated carbocycles. The zero-order valence-electron chi connectivity index (χ0n) is 7.23. The maximum Gasteiger partial charge on any atom is 1.00 e. The smallest absolute Gasteiger partial charge is 0.545 e. The van der Waals surface area contributed by atoms with Gasteiger partial charge in [-0.2, -0.15) is 0 Å². The summed E-state index contributed by atoms with van der Waals surface area (Å²) in [6.45, 7) is 0. The molecule has 0 saturated heterocycles. The minimum Gasteiger partial charge on any atom is -0.545 e. The Morgan fingerprint density at radius 2 is 2.15 bits per heavy atom. The first-order chi connectivity index (χ1) is 5.68. The van der Waals surface area contributed by atoms with E-state index in [1.54, 1.807) is 12.1 Å². The van der Waals surface area contributed by atoms with Gasteiger partial charge >= 0.3 is 29.6 Å². The molecule has 0 spiro atoms. The molecule has 1 aromatic rings. The number of rotatable bonds is 2. The molecule has 3 nitrogen and oxygen atoms in total. The van der Waals surface area contributed by atoms with Crippen LogP contribution in [0.2, 0.25) is 0 Å². The number of carboxylic acids is 1. The van der Waals surface area contributed by atoms with E-state index in [-0.39, 0.29) is 35.3 Å². The molecule has 62 valence electrons. The van der Waals surface area contributed by atoms with E-state index in [2.05, 4.69) is 0 Å². The molecule has 0 aromatic heterocycles. The van der Waals surface area contributed by atoms with Crippen LogP contribution in [0.1, 0.15) is 5.56 Å². The van der Waals surface area contributed by atoms with Crippen molar-refractivity contribution in [3.05, 3.63) is 35.9 Å². The van der Waals surface area contributed by atoms with E-state index in [0.29, 0.717) is 5.56 Å². The Bertz CT molecular complexity index is 320. The fraction of sp³-hybridized carbons (Fsp3) is 0. The number of hydrogen-bond acceptors (Lipinski definition) is 3. The van der Waals surface area contributed by atoms with Gasteiger partial charge in [0, 0.05) is 0 Å². The number of carboxylic acid groups (broad SMARTS) is 1. The van der Waals surface area contributed by atoms with Crippen LogP contribution in [0.25, 0.3) is 6.08 Å². The van der Waals surface area contributed by atoms with Gasteiger partial charge in [-0.25, -0.2) is 0 Å². The first kappa shape index (κ1) is 12.2. The van der Waals surface area contributed by atoms with Crippen LogP contribution in [0.15, 0.2) is 30.3 Å². The van der Waals surface area contributed by atoms with Crippen molar-refractivity contribution in [2.45, 2.75) is 0 Å². The summed E-state index contributed by atoms with van der Waals surface area (Å²) in [5, 5.41) is 19.0. The Kier molecular flexibility index (Phi) is 5.46. The standard InChI is InChI=1S/C9H8O3.Na/c10-8-3-1-2-7(6-8)4-5-9(11)12;/h1-6,10H,(H,11,12);/q;+1/p-1/b5-4+;. The van der Waals surface area contributed by atoms with Gasteiger partial charge in [-0.05, 0) is 23.8 Å². The van der Waals surface area contributed by atoms with Crippen molar-refractivity contribution < 1.29 is 44.6 Å². The van der Waals surface area contributed by atoms with Crippen molar-refractivity contribution in [3.63, 3.8) is 0 Å². The summed E-state index contributed by atoms with van der Waals surface area (Å²) >= 11 is 0. The molecule has 0 heterocycles. The molecule has 0 radical (unpaired) electrons. The average Bonchev–Trinajstić information content (AvgIpc) is 2.01. The van der Waals surface area contributed by atoms with Crippen molar-refractivity contribution in [3.8, 4) is 5.75 Å². The van der Waals surface area contributed by atoms with E-state index < -0.39 is 5.97 Å². The molecule has 4 heteroatoms. The van der Waals surface area contributed by atoms with Crippen LogP contribution < -0.4 is 34.7 Å². The van der Waals surface area contributed by atoms with Crippen LogP contribution >= 0.6 is 0 Å². The third-order valence-electron chi connectivity index (χ3n) is 1.28. The predicted molar refractivity (Wildman–Crippen MR) is 42.1 cm³/mol. The van der Waals surface area contributed by atoms with E-state index in [1.807, 2.05) is 0 Å². The molecule has 1 N–H and O–H groups in total. The number of phenolic OH excluding ortho intramolecular Hbond substituents is 1. The Morgan fingerprint density at radius 1 is 1.46 bits per heavy atom. The van der Waals surface area contributed by atoms with Crippen LogP contribution in [-0.4, -0.2) is 11.1 Å². The van der Waals surface area contributed by atoms with Gasteiger partial charge in [-0.15, -0.1) is 0 Å². The summed E-state index contributed by atoms with van der Waals surface area (Å²) in [5.74, 6) is -1.14. The summed E-state index contributed by atoms with van der Waals surface area (Å²) in [6.07, 6.45) is 2.27. The molecule has 0 amide bonds. The number of hydrogen-bond donors (Lipinski definition) is 1. The SMILES string of the molecule is O=C([O-])/C=C/c1cccc(O)c1.[Na+]. The van der Waals surface area contributed by atoms with Gasteiger partial charge in [0.25, 0.3) is 0 Å². The predicted octanol–water partition coefficient (Wildman–Crippen LogP) is -2.84. The van der Waals surface area contributed by atoms with Gasteiger partial charge in [0.15, 0.2) is 0 Å². The Labute approximate surface area is 98.0 Å². The number of aromatic hydroxyl groups is 1. The fourth-order valence-corrected chi connectivity index (χ4v) is 0.793. The number of carbonyl (C=O) groups is 1. The van der Waals surface area contributed by atoms with E-state index >= 15 is 0 Å². The number of aliphatic carboxylic acids is 1. The minimum atomic E-state index is -1.25. The first-order valence-corrected chi connectivity index (χ1v) is 3.36. The normalized spacial score (nSPS) is 9.54. The van der Waals surface area contributed by atoms with Crippen LogP contribution in [-0.2, 0) is 4.79 Å². The van der Waals surface area contributed by atoms with Crippen molar-refractivity contribution in [2.24, 2.45) is 0 Å². The second-order valence-electron chi connectivity index (χ2n) is 2.25. The first-order valence-electron chi connectivity index (χ1n) is 3.36. The van der Waals surface area contributed by atoms with E-state index in [0.717, 1.165) is 6.08 Å². The topological polar surface area (TPSA) is 60.4 Å². The number of benzene rings is 1. The van der Waals surface area contributed by atoms with Gasteiger partial charge in [0.2, 0.25) is 0 Å². The molecular weight excluding hydrogens is 179 g/mol. The summed E-state index contributed by atoms with van der Waals surface area (Å²) in [7, 11) is 0. The van der Waals surface area contributed by atoms with E-state index in [4.69, 9.17) is 5.11 Å². The summed E-state index contributed by atoms with van der Waals surface area (Å²) in [4.78, 5) is 10.00. The molecule has 1 rings (SSSR count). The molecule has 0 fully saturated rings. The van der Waals surface area contributed by atoms with Gasteiger partial charge in [-0.3, -0.25) is 0 Å². The van der Waals surface area contributed by atoms with Gasteiger partial charge in [-0.1, -0.05) is 18.2 Å². The molecular formula is C9H7NaO3. The second-order valence-corrected chi connectivity index (χ2v) is 2.25. The maximum atomic E-state index is 10.00. The molecule has 1 aromatic carbocycles. The second kappa shape index (κ2) is 5.80. The van der Waals surface area contributed by atoms with Crippen molar-refractivity contribution in [1.82, 2.24) is 0 Å². The number of carbonyl (C=O) groups excluding carboxylic acids is 1. The zero-order chi connectivity index (χ0) is 8.97. The number of phenols is 1. The van der Waals surface area contributed by atoms with Crippen molar-refractivity contribution in [1.29, 1.82) is 0 Å². The molecule has 0 unspecified atom stereocenters. The molecule has 0 aliphatic rings.